The number of amides is 1. The Morgan fingerprint density at radius 1 is 1.12 bits per heavy atom. The summed E-state index contributed by atoms with van der Waals surface area (Å²) in [6.45, 7) is 1.87. The largest absolute Gasteiger partial charge is 0.422 e. The van der Waals surface area contributed by atoms with Crippen LogP contribution < -0.4 is 15.0 Å². The molecule has 0 radical (unpaired) electrons. The van der Waals surface area contributed by atoms with Crippen LogP contribution in [0.15, 0.2) is 47.4 Å². The minimum Gasteiger partial charge on any atom is -0.422 e. The number of ether oxygens (including phenoxy) is 1. The highest BCUT2D eigenvalue weighted by atomic mass is 32.1. The summed E-state index contributed by atoms with van der Waals surface area (Å²) in [5.41, 5.74) is 0.557. The molecule has 0 saturated carbocycles. The molecule has 1 aromatic carbocycles. The maximum Gasteiger partial charge on any atom is 0.353 e. The smallest absolute Gasteiger partial charge is 0.353 e. The highest BCUT2D eigenvalue weighted by molar-refractivity contribution is 7.19. The third-order valence-corrected chi connectivity index (χ3v) is 6.50. The fourth-order valence-corrected chi connectivity index (χ4v) is 4.53. The number of nitriles is 1. The summed E-state index contributed by atoms with van der Waals surface area (Å²) in [6.07, 6.45) is 4.92. The number of nitrogens with zero attached hydrogens (tertiary/aromatic N) is 4. The lowest BCUT2D eigenvalue weighted by atomic mass is 10.1. The van der Waals surface area contributed by atoms with E-state index >= 15 is 0 Å². The Bertz CT molecular complexity index is 1160. The topological polar surface area (TPSA) is 108 Å². The van der Waals surface area contributed by atoms with E-state index in [4.69, 9.17) is 4.74 Å². The molecular weight excluding hydrogens is 446 g/mol. The molecule has 1 N–H and O–H groups in total. The maximum absolute atomic E-state index is 12.5. The summed E-state index contributed by atoms with van der Waals surface area (Å²) < 4.78 is 5.31. The normalized spacial score (nSPS) is 14.0. The number of esters is 1. The SMILES string of the molecule is N#CC(=Cc1ccc(OC(=O)c2cccs2)cc1)C(=O)Nc1nnc(N2CCCCC2)s1. The minimum atomic E-state index is -0.554. The molecule has 0 unspecified atom stereocenters. The summed E-state index contributed by atoms with van der Waals surface area (Å²) in [7, 11) is 0. The van der Waals surface area contributed by atoms with Crippen LogP contribution in [0.5, 0.6) is 5.75 Å². The summed E-state index contributed by atoms with van der Waals surface area (Å²) in [5.74, 6) is -0.606. The van der Waals surface area contributed by atoms with Crippen molar-refractivity contribution in [2.45, 2.75) is 19.3 Å². The Labute approximate surface area is 192 Å². The zero-order valence-electron chi connectivity index (χ0n) is 17.0. The molecule has 1 aliphatic heterocycles. The molecule has 162 valence electrons. The van der Waals surface area contributed by atoms with E-state index in [1.807, 2.05) is 6.07 Å². The van der Waals surface area contributed by atoms with Crippen LogP contribution in [0.25, 0.3) is 6.08 Å². The first-order valence-electron chi connectivity index (χ1n) is 10.00. The number of carbonyl (C=O) groups excluding carboxylic acids is 2. The molecule has 0 bridgehead atoms. The molecule has 32 heavy (non-hydrogen) atoms. The lowest BCUT2D eigenvalue weighted by Crippen LogP contribution is -2.29. The van der Waals surface area contributed by atoms with E-state index < -0.39 is 11.9 Å². The van der Waals surface area contributed by atoms with Gasteiger partial charge >= 0.3 is 5.97 Å². The quantitative estimate of drug-likeness (QED) is 0.249. The molecule has 1 amide bonds. The lowest BCUT2D eigenvalue weighted by molar-refractivity contribution is -0.112. The van der Waals surface area contributed by atoms with E-state index in [1.165, 1.54) is 35.2 Å². The zero-order valence-corrected chi connectivity index (χ0v) is 18.6. The molecule has 0 aliphatic carbocycles. The van der Waals surface area contributed by atoms with Gasteiger partial charge < -0.3 is 9.64 Å². The lowest BCUT2D eigenvalue weighted by Gasteiger charge is -2.25. The molecule has 1 aliphatic rings. The Morgan fingerprint density at radius 2 is 1.91 bits per heavy atom. The van der Waals surface area contributed by atoms with Crippen molar-refractivity contribution >= 4 is 50.9 Å². The second-order valence-corrected chi connectivity index (χ2v) is 8.90. The number of piperidine rings is 1. The van der Waals surface area contributed by atoms with E-state index in [-0.39, 0.29) is 5.57 Å². The summed E-state index contributed by atoms with van der Waals surface area (Å²) in [4.78, 5) is 27.2. The molecule has 1 saturated heterocycles. The second kappa shape index (κ2) is 10.2. The number of hydrogen-bond acceptors (Lipinski definition) is 9. The van der Waals surface area contributed by atoms with Crippen LogP contribution in [-0.4, -0.2) is 35.2 Å². The predicted octanol–water partition coefficient (Wildman–Crippen LogP) is 4.35. The van der Waals surface area contributed by atoms with E-state index in [1.54, 1.807) is 41.8 Å². The average molecular weight is 466 g/mol. The van der Waals surface area contributed by atoms with Crippen molar-refractivity contribution in [1.82, 2.24) is 10.2 Å². The third-order valence-electron chi connectivity index (χ3n) is 4.75. The van der Waals surface area contributed by atoms with Crippen LogP contribution >= 0.6 is 22.7 Å². The molecule has 3 heterocycles. The number of hydrogen-bond donors (Lipinski definition) is 1. The fourth-order valence-electron chi connectivity index (χ4n) is 3.14. The molecule has 8 nitrogen and oxygen atoms in total. The van der Waals surface area contributed by atoms with Crippen LogP contribution in [0.2, 0.25) is 0 Å². The van der Waals surface area contributed by atoms with Crippen LogP contribution in [0.3, 0.4) is 0 Å². The van der Waals surface area contributed by atoms with Crippen LogP contribution in [0.4, 0.5) is 10.3 Å². The van der Waals surface area contributed by atoms with E-state index in [0.29, 0.717) is 21.3 Å². The van der Waals surface area contributed by atoms with Gasteiger partial charge in [-0.1, -0.05) is 29.5 Å². The molecule has 2 aromatic heterocycles. The van der Waals surface area contributed by atoms with Gasteiger partial charge in [0.25, 0.3) is 5.91 Å². The minimum absolute atomic E-state index is 0.0666. The van der Waals surface area contributed by atoms with Crippen molar-refractivity contribution < 1.29 is 14.3 Å². The molecule has 4 rings (SSSR count). The molecule has 0 atom stereocenters. The predicted molar refractivity (Wildman–Crippen MR) is 124 cm³/mol. The van der Waals surface area contributed by atoms with E-state index in [9.17, 15) is 14.9 Å². The van der Waals surface area contributed by atoms with Gasteiger partial charge in [0, 0.05) is 13.1 Å². The molecular formula is C22H19N5O3S2. The van der Waals surface area contributed by atoms with Crippen molar-refractivity contribution in [1.29, 1.82) is 5.26 Å². The zero-order chi connectivity index (χ0) is 22.3. The first-order valence-corrected chi connectivity index (χ1v) is 11.7. The summed E-state index contributed by atoms with van der Waals surface area (Å²) in [6, 6.07) is 11.9. The summed E-state index contributed by atoms with van der Waals surface area (Å²) in [5, 5.41) is 23.2. The van der Waals surface area contributed by atoms with Crippen LogP contribution in [-0.2, 0) is 4.79 Å². The standard InChI is InChI=1S/C22H19N5O3S2/c23-14-16(19(28)24-21-25-26-22(32-21)27-10-2-1-3-11-27)13-15-6-8-17(9-7-15)30-20(29)18-5-4-12-31-18/h4-9,12-13H,1-3,10-11H2,(H,24,25,28). The number of benzene rings is 1. The maximum atomic E-state index is 12.5. The molecule has 0 spiro atoms. The number of thiophene rings is 1. The van der Waals surface area contributed by atoms with Crippen LogP contribution in [0, 0.1) is 11.3 Å². The Morgan fingerprint density at radius 3 is 2.59 bits per heavy atom. The molecule has 3 aromatic rings. The fraction of sp³-hybridized carbons (Fsp3) is 0.227. The first kappa shape index (κ1) is 21.7. The van der Waals surface area contributed by atoms with Gasteiger partial charge in [0.1, 0.15) is 22.3 Å². The number of nitrogens with one attached hydrogen (secondary N) is 1. The van der Waals surface area contributed by atoms with Crippen LogP contribution in [0.1, 0.15) is 34.5 Å². The van der Waals surface area contributed by atoms with Crippen molar-refractivity contribution in [2.75, 3.05) is 23.3 Å². The van der Waals surface area contributed by atoms with E-state index in [2.05, 4.69) is 20.4 Å². The van der Waals surface area contributed by atoms with Crippen molar-refractivity contribution in [3.8, 4) is 11.8 Å². The molecule has 10 heteroatoms. The highest BCUT2D eigenvalue weighted by Crippen LogP contribution is 2.27. The second-order valence-electron chi connectivity index (χ2n) is 7.00. The van der Waals surface area contributed by atoms with E-state index in [0.717, 1.165) is 31.1 Å². The van der Waals surface area contributed by atoms with Gasteiger partial charge in [0.15, 0.2) is 0 Å². The van der Waals surface area contributed by atoms with Gasteiger partial charge in [-0.25, -0.2) is 4.79 Å². The monoisotopic (exact) mass is 465 g/mol. The van der Waals surface area contributed by atoms with Gasteiger partial charge in [-0.2, -0.15) is 5.26 Å². The van der Waals surface area contributed by atoms with Gasteiger partial charge in [0.2, 0.25) is 10.3 Å². The van der Waals surface area contributed by atoms with Crippen molar-refractivity contribution in [2.24, 2.45) is 0 Å². The van der Waals surface area contributed by atoms with Gasteiger partial charge in [0.05, 0.1) is 0 Å². The van der Waals surface area contributed by atoms with Gasteiger partial charge in [-0.3, -0.25) is 10.1 Å². The third kappa shape index (κ3) is 5.38. The number of carbonyl (C=O) groups is 2. The number of rotatable bonds is 6. The Kier molecular flexibility index (Phi) is 6.89. The summed E-state index contributed by atoms with van der Waals surface area (Å²) >= 11 is 2.60. The average Bonchev–Trinajstić information content (AvgIpc) is 3.52. The van der Waals surface area contributed by atoms with Gasteiger partial charge in [-0.05, 0) is 54.5 Å². The number of anilines is 2. The van der Waals surface area contributed by atoms with Crippen molar-refractivity contribution in [3.05, 3.63) is 57.8 Å². The van der Waals surface area contributed by atoms with Gasteiger partial charge in [-0.15, -0.1) is 21.5 Å². The highest BCUT2D eigenvalue weighted by Gasteiger charge is 2.18. The number of aromatic nitrogens is 2. The first-order chi connectivity index (χ1) is 15.6. The Balaban J connectivity index is 1.39. The van der Waals surface area contributed by atoms with Crippen molar-refractivity contribution in [3.63, 3.8) is 0 Å². The molecule has 1 fully saturated rings. The Hall–Kier alpha value is -3.55.